The molecule has 0 aromatic heterocycles. The molecule has 0 saturated heterocycles. The largest absolute Gasteiger partial charge is 0.494 e. The number of benzene rings is 3. The van der Waals surface area contributed by atoms with Crippen molar-refractivity contribution < 1.29 is 19.0 Å². The Morgan fingerprint density at radius 1 is 0.742 bits per heavy atom. The minimum Gasteiger partial charge on any atom is -0.494 e. The second kappa shape index (κ2) is 11.6. The molecule has 0 aliphatic rings. The number of hydrogen-bond acceptors (Lipinski definition) is 4. The van der Waals surface area contributed by atoms with Gasteiger partial charge in [0, 0.05) is 5.56 Å². The number of hydrogen-bond donors (Lipinski definition) is 1. The van der Waals surface area contributed by atoms with Crippen LogP contribution in [0, 0.1) is 5.92 Å². The Bertz CT molecular complexity index is 939. The maximum Gasteiger partial charge on any atom is 0.255 e. The molecule has 0 fully saturated rings. The molecule has 0 aliphatic heterocycles. The summed E-state index contributed by atoms with van der Waals surface area (Å²) < 4.78 is 17.2. The van der Waals surface area contributed by atoms with Gasteiger partial charge in [-0.2, -0.15) is 0 Å². The molecule has 0 radical (unpaired) electrons. The molecule has 3 aromatic rings. The number of ether oxygens (including phenoxy) is 3. The van der Waals surface area contributed by atoms with Crippen LogP contribution in [0.3, 0.4) is 0 Å². The molecule has 3 rings (SSSR count). The van der Waals surface area contributed by atoms with Gasteiger partial charge >= 0.3 is 0 Å². The minimum absolute atomic E-state index is 0.203. The molecule has 5 heteroatoms. The smallest absolute Gasteiger partial charge is 0.255 e. The highest BCUT2D eigenvalue weighted by molar-refractivity contribution is 6.05. The van der Waals surface area contributed by atoms with Crippen LogP contribution in [0.1, 0.15) is 30.6 Å². The molecule has 1 amide bonds. The number of amides is 1. The summed E-state index contributed by atoms with van der Waals surface area (Å²) in [5, 5.41) is 2.92. The third-order valence-electron chi connectivity index (χ3n) is 4.57. The monoisotopic (exact) mass is 419 g/mol. The fourth-order valence-corrected chi connectivity index (χ4v) is 2.83. The van der Waals surface area contributed by atoms with E-state index in [1.165, 1.54) is 0 Å². The van der Waals surface area contributed by atoms with E-state index in [0.717, 1.165) is 17.9 Å². The van der Waals surface area contributed by atoms with Crippen LogP contribution in [0.4, 0.5) is 5.69 Å². The first kappa shape index (κ1) is 22.2. The van der Waals surface area contributed by atoms with E-state index in [2.05, 4.69) is 19.2 Å². The van der Waals surface area contributed by atoms with Crippen molar-refractivity contribution in [3.63, 3.8) is 0 Å². The van der Waals surface area contributed by atoms with Gasteiger partial charge in [0.15, 0.2) is 0 Å². The first-order valence-corrected chi connectivity index (χ1v) is 10.6. The van der Waals surface area contributed by atoms with Crippen molar-refractivity contribution in [2.45, 2.75) is 20.3 Å². The second-order valence-electron chi connectivity index (χ2n) is 7.52. The number of anilines is 1. The molecule has 0 bridgehead atoms. The molecule has 0 heterocycles. The predicted molar refractivity (Wildman–Crippen MR) is 123 cm³/mol. The minimum atomic E-state index is -0.203. The SMILES string of the molecule is CC(C)CCOc1ccc(C(=O)Nc2ccccc2OCCOc2ccccc2)cc1. The highest BCUT2D eigenvalue weighted by atomic mass is 16.5. The number of carbonyl (C=O) groups is 1. The van der Waals surface area contributed by atoms with Crippen molar-refractivity contribution in [2.75, 3.05) is 25.1 Å². The molecule has 162 valence electrons. The lowest BCUT2D eigenvalue weighted by Gasteiger charge is -2.13. The van der Waals surface area contributed by atoms with E-state index in [0.29, 0.717) is 42.7 Å². The Morgan fingerprint density at radius 3 is 2.10 bits per heavy atom. The van der Waals surface area contributed by atoms with Gasteiger partial charge in [-0.05, 0) is 60.9 Å². The molecule has 3 aromatic carbocycles. The van der Waals surface area contributed by atoms with Gasteiger partial charge in [-0.15, -0.1) is 0 Å². The third-order valence-corrected chi connectivity index (χ3v) is 4.57. The van der Waals surface area contributed by atoms with Gasteiger partial charge in [0.05, 0.1) is 12.3 Å². The highest BCUT2D eigenvalue weighted by Crippen LogP contribution is 2.25. The van der Waals surface area contributed by atoms with E-state index in [1.807, 2.05) is 66.7 Å². The second-order valence-corrected chi connectivity index (χ2v) is 7.52. The van der Waals surface area contributed by atoms with E-state index in [-0.39, 0.29) is 5.91 Å². The summed E-state index contributed by atoms with van der Waals surface area (Å²) in [5.41, 5.74) is 1.17. The molecule has 0 saturated carbocycles. The summed E-state index contributed by atoms with van der Waals surface area (Å²) in [6.07, 6.45) is 0.995. The van der Waals surface area contributed by atoms with Crippen LogP contribution in [-0.2, 0) is 0 Å². The highest BCUT2D eigenvalue weighted by Gasteiger charge is 2.10. The van der Waals surface area contributed by atoms with Gasteiger partial charge in [0.25, 0.3) is 5.91 Å². The Kier molecular flexibility index (Phi) is 8.35. The molecule has 1 N–H and O–H groups in total. The fourth-order valence-electron chi connectivity index (χ4n) is 2.83. The van der Waals surface area contributed by atoms with Gasteiger partial charge in [0.2, 0.25) is 0 Å². The first-order chi connectivity index (χ1) is 15.1. The van der Waals surface area contributed by atoms with Crippen LogP contribution in [0.25, 0.3) is 0 Å². The lowest BCUT2D eigenvalue weighted by molar-refractivity contribution is 0.102. The summed E-state index contributed by atoms with van der Waals surface area (Å²) in [7, 11) is 0. The summed E-state index contributed by atoms with van der Waals surface area (Å²) in [4.78, 5) is 12.7. The Morgan fingerprint density at radius 2 is 1.35 bits per heavy atom. The van der Waals surface area contributed by atoms with Crippen molar-refractivity contribution in [1.29, 1.82) is 0 Å². The quantitative estimate of drug-likeness (QED) is 0.398. The van der Waals surface area contributed by atoms with Crippen LogP contribution in [-0.4, -0.2) is 25.7 Å². The number of rotatable bonds is 11. The zero-order valence-corrected chi connectivity index (χ0v) is 18.0. The summed E-state index contributed by atoms with van der Waals surface area (Å²) in [6, 6.07) is 24.1. The van der Waals surface area contributed by atoms with E-state index in [1.54, 1.807) is 12.1 Å². The summed E-state index contributed by atoms with van der Waals surface area (Å²) in [6.45, 7) is 5.76. The maximum atomic E-state index is 12.7. The zero-order valence-electron chi connectivity index (χ0n) is 18.0. The number of carbonyl (C=O) groups excluding carboxylic acids is 1. The van der Waals surface area contributed by atoms with Crippen LogP contribution < -0.4 is 19.5 Å². The lowest BCUT2D eigenvalue weighted by Crippen LogP contribution is -2.14. The van der Waals surface area contributed by atoms with Crippen LogP contribution in [0.15, 0.2) is 78.9 Å². The van der Waals surface area contributed by atoms with E-state index in [4.69, 9.17) is 14.2 Å². The van der Waals surface area contributed by atoms with Gasteiger partial charge < -0.3 is 19.5 Å². The molecule has 0 atom stereocenters. The van der Waals surface area contributed by atoms with Gasteiger partial charge in [0.1, 0.15) is 30.5 Å². The van der Waals surface area contributed by atoms with E-state index < -0.39 is 0 Å². The molecule has 0 unspecified atom stereocenters. The van der Waals surface area contributed by atoms with Gasteiger partial charge in [-0.1, -0.05) is 44.2 Å². The third kappa shape index (κ3) is 7.37. The fraction of sp³-hybridized carbons (Fsp3) is 0.269. The molecule has 5 nitrogen and oxygen atoms in total. The first-order valence-electron chi connectivity index (χ1n) is 10.6. The normalized spacial score (nSPS) is 10.5. The van der Waals surface area contributed by atoms with Crippen molar-refractivity contribution in [2.24, 2.45) is 5.92 Å². The van der Waals surface area contributed by atoms with E-state index >= 15 is 0 Å². The predicted octanol–water partition coefficient (Wildman–Crippen LogP) is 5.82. The Balaban J connectivity index is 1.51. The molecule has 0 aliphatic carbocycles. The summed E-state index contributed by atoms with van der Waals surface area (Å²) >= 11 is 0. The molecular weight excluding hydrogens is 390 g/mol. The van der Waals surface area contributed by atoms with Crippen molar-refractivity contribution in [3.05, 3.63) is 84.4 Å². The summed E-state index contributed by atoms with van der Waals surface area (Å²) in [5.74, 6) is 2.55. The number of nitrogens with one attached hydrogen (secondary N) is 1. The van der Waals surface area contributed by atoms with Crippen LogP contribution in [0.2, 0.25) is 0 Å². The molecule has 31 heavy (non-hydrogen) atoms. The average Bonchev–Trinajstić information content (AvgIpc) is 2.78. The van der Waals surface area contributed by atoms with Crippen LogP contribution in [0.5, 0.6) is 17.2 Å². The number of para-hydroxylation sites is 3. The lowest BCUT2D eigenvalue weighted by atomic mass is 10.1. The van der Waals surface area contributed by atoms with Crippen molar-refractivity contribution in [3.8, 4) is 17.2 Å². The standard InChI is InChI=1S/C26H29NO4/c1-20(2)16-17-29-23-14-12-21(13-15-23)26(28)27-24-10-6-7-11-25(24)31-19-18-30-22-8-4-3-5-9-22/h3-15,20H,16-19H2,1-2H3,(H,27,28). The van der Waals surface area contributed by atoms with E-state index in [9.17, 15) is 4.79 Å². The zero-order chi connectivity index (χ0) is 21.9. The van der Waals surface area contributed by atoms with Crippen molar-refractivity contribution >= 4 is 11.6 Å². The van der Waals surface area contributed by atoms with Crippen molar-refractivity contribution in [1.82, 2.24) is 0 Å². The Labute approximate surface area is 184 Å². The molecule has 0 spiro atoms. The average molecular weight is 420 g/mol. The van der Waals surface area contributed by atoms with Crippen LogP contribution >= 0.6 is 0 Å². The Hall–Kier alpha value is -3.47. The molecular formula is C26H29NO4. The van der Waals surface area contributed by atoms with Gasteiger partial charge in [-0.3, -0.25) is 4.79 Å². The van der Waals surface area contributed by atoms with Gasteiger partial charge in [-0.25, -0.2) is 0 Å². The topological polar surface area (TPSA) is 56.8 Å². The maximum absolute atomic E-state index is 12.7.